The summed E-state index contributed by atoms with van der Waals surface area (Å²) in [5.74, 6) is 3.47. The SMILES string of the molecule is C=S(=O)(O)CCCCC. The summed E-state index contributed by atoms with van der Waals surface area (Å²) in [5.41, 5.74) is 0. The number of hydrogen-bond donors (Lipinski definition) is 1. The van der Waals surface area contributed by atoms with Crippen LogP contribution in [0.15, 0.2) is 0 Å². The van der Waals surface area contributed by atoms with E-state index in [-0.39, 0.29) is 0 Å². The van der Waals surface area contributed by atoms with Gasteiger partial charge in [-0.25, -0.2) is 4.21 Å². The van der Waals surface area contributed by atoms with Crippen LogP contribution in [0.2, 0.25) is 0 Å². The highest BCUT2D eigenvalue weighted by Gasteiger charge is 1.94. The summed E-state index contributed by atoms with van der Waals surface area (Å²) in [4.78, 5) is 0. The van der Waals surface area contributed by atoms with Crippen LogP contribution >= 0.6 is 0 Å². The van der Waals surface area contributed by atoms with Crippen LogP contribution in [0.1, 0.15) is 26.2 Å². The maximum atomic E-state index is 10.5. The first-order chi connectivity index (χ1) is 4.06. The largest absolute Gasteiger partial charge is 0.314 e. The van der Waals surface area contributed by atoms with Gasteiger partial charge in [0.25, 0.3) is 0 Å². The van der Waals surface area contributed by atoms with Gasteiger partial charge in [-0.15, -0.1) is 0 Å². The molecule has 0 rings (SSSR count). The van der Waals surface area contributed by atoms with E-state index in [2.05, 4.69) is 12.8 Å². The minimum atomic E-state index is -2.70. The van der Waals surface area contributed by atoms with E-state index in [4.69, 9.17) is 4.55 Å². The Balaban J connectivity index is 3.30. The Bertz CT molecular complexity index is 146. The first-order valence-corrected chi connectivity index (χ1v) is 4.99. The summed E-state index contributed by atoms with van der Waals surface area (Å²) in [6, 6.07) is 0. The maximum Gasteiger partial charge on any atom is 0.0746 e. The van der Waals surface area contributed by atoms with Gasteiger partial charge in [0.1, 0.15) is 0 Å². The fraction of sp³-hybridized carbons (Fsp3) is 0.833. The molecule has 3 heteroatoms. The summed E-state index contributed by atoms with van der Waals surface area (Å²) in [6.07, 6.45) is 2.91. The van der Waals surface area contributed by atoms with Crippen LogP contribution in [0, 0.1) is 0 Å². The van der Waals surface area contributed by atoms with Crippen molar-refractivity contribution in [2.75, 3.05) is 5.75 Å². The number of hydrogen-bond acceptors (Lipinski definition) is 1. The average molecular weight is 150 g/mol. The van der Waals surface area contributed by atoms with Crippen LogP contribution < -0.4 is 0 Å². The summed E-state index contributed by atoms with van der Waals surface area (Å²) in [7, 11) is -2.70. The molecule has 0 bridgehead atoms. The first kappa shape index (κ1) is 8.98. The van der Waals surface area contributed by atoms with E-state index in [1.807, 2.05) is 0 Å². The smallest absolute Gasteiger partial charge is 0.0746 e. The Morgan fingerprint density at radius 2 is 2.11 bits per heavy atom. The van der Waals surface area contributed by atoms with Crippen LogP contribution in [0.25, 0.3) is 0 Å². The van der Waals surface area contributed by atoms with Gasteiger partial charge in [-0.05, 0) is 12.3 Å². The summed E-state index contributed by atoms with van der Waals surface area (Å²) < 4.78 is 19.2. The predicted octanol–water partition coefficient (Wildman–Crippen LogP) is 1.37. The van der Waals surface area contributed by atoms with Gasteiger partial charge >= 0.3 is 0 Å². The van der Waals surface area contributed by atoms with E-state index in [9.17, 15) is 4.21 Å². The molecule has 0 amide bonds. The van der Waals surface area contributed by atoms with Gasteiger partial charge in [0.2, 0.25) is 0 Å². The summed E-state index contributed by atoms with van der Waals surface area (Å²) >= 11 is 0. The molecule has 1 unspecified atom stereocenters. The normalized spacial score (nSPS) is 17.1. The third-order valence-corrected chi connectivity index (χ3v) is 1.99. The second kappa shape index (κ2) is 3.90. The lowest BCUT2D eigenvalue weighted by Gasteiger charge is -1.97. The summed E-state index contributed by atoms with van der Waals surface area (Å²) in [6.45, 7) is 2.06. The quantitative estimate of drug-likeness (QED) is 0.485. The minimum absolute atomic E-state index is 0.348. The Hall–Kier alpha value is -0.0200. The molecule has 0 aliphatic heterocycles. The van der Waals surface area contributed by atoms with Crippen molar-refractivity contribution >= 4 is 15.7 Å². The Labute approximate surface area is 57.1 Å². The van der Waals surface area contributed by atoms with Crippen molar-refractivity contribution in [2.24, 2.45) is 0 Å². The highest BCUT2D eigenvalue weighted by Crippen LogP contribution is 1.96. The van der Waals surface area contributed by atoms with Gasteiger partial charge in [-0.1, -0.05) is 19.8 Å². The first-order valence-electron chi connectivity index (χ1n) is 3.13. The lowest BCUT2D eigenvalue weighted by Crippen LogP contribution is -2.02. The molecule has 0 saturated carbocycles. The zero-order valence-corrected chi connectivity index (χ0v) is 6.62. The minimum Gasteiger partial charge on any atom is -0.314 e. The molecule has 0 radical (unpaired) electrons. The molecule has 0 fully saturated rings. The fourth-order valence-electron chi connectivity index (χ4n) is 0.578. The van der Waals surface area contributed by atoms with Gasteiger partial charge < -0.3 is 4.55 Å². The van der Waals surface area contributed by atoms with Crippen LogP contribution in [0.3, 0.4) is 0 Å². The second-order valence-electron chi connectivity index (χ2n) is 2.18. The third kappa shape index (κ3) is 7.98. The van der Waals surface area contributed by atoms with Crippen molar-refractivity contribution in [1.29, 1.82) is 0 Å². The van der Waals surface area contributed by atoms with E-state index in [1.54, 1.807) is 0 Å². The molecule has 2 nitrogen and oxygen atoms in total. The lowest BCUT2D eigenvalue weighted by atomic mass is 10.3. The van der Waals surface area contributed by atoms with E-state index in [1.165, 1.54) is 0 Å². The molecular formula is C6H14O2S. The molecule has 0 heterocycles. The average Bonchev–Trinajstić information content (AvgIpc) is 1.63. The van der Waals surface area contributed by atoms with Gasteiger partial charge in [-0.3, -0.25) is 0 Å². The highest BCUT2D eigenvalue weighted by molar-refractivity contribution is 7.95. The van der Waals surface area contributed by atoms with Crippen molar-refractivity contribution in [1.82, 2.24) is 0 Å². The van der Waals surface area contributed by atoms with Gasteiger partial charge in [0, 0.05) is 5.75 Å². The van der Waals surface area contributed by atoms with Gasteiger partial charge in [0.05, 0.1) is 9.80 Å². The highest BCUT2D eigenvalue weighted by atomic mass is 32.2. The van der Waals surface area contributed by atoms with E-state index >= 15 is 0 Å². The number of unbranched alkanes of at least 4 members (excludes halogenated alkanes) is 2. The van der Waals surface area contributed by atoms with Crippen molar-refractivity contribution in [2.45, 2.75) is 26.2 Å². The maximum absolute atomic E-state index is 10.5. The second-order valence-corrected chi connectivity index (χ2v) is 4.14. The van der Waals surface area contributed by atoms with E-state index < -0.39 is 9.80 Å². The van der Waals surface area contributed by atoms with Crippen molar-refractivity contribution in [3.8, 4) is 0 Å². The zero-order chi connectivity index (χ0) is 7.33. The van der Waals surface area contributed by atoms with Crippen molar-refractivity contribution in [3.05, 3.63) is 0 Å². The zero-order valence-electron chi connectivity index (χ0n) is 5.80. The fourth-order valence-corrected chi connectivity index (χ4v) is 1.23. The molecule has 56 valence electrons. The predicted molar refractivity (Wildman–Crippen MR) is 42.3 cm³/mol. The van der Waals surface area contributed by atoms with Crippen LogP contribution in [-0.4, -0.2) is 20.4 Å². The molecule has 0 saturated heterocycles. The van der Waals surface area contributed by atoms with Gasteiger partial charge in [0.15, 0.2) is 0 Å². The number of rotatable bonds is 4. The Morgan fingerprint density at radius 3 is 2.44 bits per heavy atom. The van der Waals surface area contributed by atoms with Crippen molar-refractivity contribution < 1.29 is 8.76 Å². The lowest BCUT2D eigenvalue weighted by molar-refractivity contribution is 0.555. The Morgan fingerprint density at radius 1 is 1.56 bits per heavy atom. The molecular weight excluding hydrogens is 136 g/mol. The van der Waals surface area contributed by atoms with Gasteiger partial charge in [-0.2, -0.15) is 0 Å². The molecule has 0 aliphatic rings. The molecule has 1 atom stereocenters. The standard InChI is InChI=1S/C6H14O2S/c1-3-4-5-6-9(2,7)8/h2-6H2,1H3,(H,7,8). The summed E-state index contributed by atoms with van der Waals surface area (Å²) in [5, 5.41) is 0. The molecule has 0 aromatic rings. The molecule has 0 aliphatic carbocycles. The molecule has 0 spiro atoms. The Kier molecular flexibility index (Phi) is 3.89. The van der Waals surface area contributed by atoms with E-state index in [0.29, 0.717) is 5.75 Å². The van der Waals surface area contributed by atoms with Crippen molar-refractivity contribution in [3.63, 3.8) is 0 Å². The topological polar surface area (TPSA) is 37.3 Å². The van der Waals surface area contributed by atoms with Crippen LogP contribution in [-0.2, 0) is 9.80 Å². The molecule has 9 heavy (non-hydrogen) atoms. The molecule has 0 aromatic heterocycles. The molecule has 0 aromatic carbocycles. The third-order valence-electron chi connectivity index (χ3n) is 1.07. The monoisotopic (exact) mass is 150 g/mol. The van der Waals surface area contributed by atoms with E-state index in [0.717, 1.165) is 19.3 Å². The molecule has 1 N–H and O–H groups in total. The van der Waals surface area contributed by atoms with Crippen LogP contribution in [0.4, 0.5) is 0 Å². The van der Waals surface area contributed by atoms with Crippen LogP contribution in [0.5, 0.6) is 0 Å².